The van der Waals surface area contributed by atoms with Gasteiger partial charge in [0.2, 0.25) is 10.0 Å². The van der Waals surface area contributed by atoms with Gasteiger partial charge in [-0.15, -0.1) is 0 Å². The van der Waals surface area contributed by atoms with E-state index >= 15 is 0 Å². The average molecular weight is 465 g/mol. The van der Waals surface area contributed by atoms with Crippen molar-refractivity contribution in [1.29, 1.82) is 0 Å². The Morgan fingerprint density at radius 1 is 0.935 bits per heavy atom. The highest BCUT2D eigenvalue weighted by Crippen LogP contribution is 2.35. The molecule has 0 atom stereocenters. The normalized spacial score (nSPS) is 17.8. The molecule has 31 heavy (non-hydrogen) atoms. The zero-order valence-electron chi connectivity index (χ0n) is 17.6. The summed E-state index contributed by atoms with van der Waals surface area (Å²) in [5.41, 5.74) is 1.83. The second-order valence-corrected chi connectivity index (χ2v) is 11.9. The summed E-state index contributed by atoms with van der Waals surface area (Å²) in [5.74, 6) is 0.581. The number of nitrogens with one attached hydrogen (secondary N) is 1. The topological polar surface area (TPSA) is 92.8 Å². The molecule has 4 rings (SSSR count). The van der Waals surface area contributed by atoms with Crippen molar-refractivity contribution < 1.29 is 21.6 Å². The van der Waals surface area contributed by atoms with Crippen molar-refractivity contribution in [3.05, 3.63) is 48.0 Å². The number of nitrogens with zero attached hydrogens (tertiary/aromatic N) is 1. The van der Waals surface area contributed by atoms with Crippen LogP contribution in [0.3, 0.4) is 0 Å². The van der Waals surface area contributed by atoms with Crippen LogP contribution < -0.4 is 13.8 Å². The largest absolute Gasteiger partial charge is 0.497 e. The fourth-order valence-corrected chi connectivity index (χ4v) is 7.46. The van der Waals surface area contributed by atoms with Gasteiger partial charge < -0.3 is 4.74 Å². The lowest BCUT2D eigenvalue weighted by Crippen LogP contribution is -2.35. The van der Waals surface area contributed by atoms with Gasteiger partial charge in [-0.1, -0.05) is 25.3 Å². The van der Waals surface area contributed by atoms with Gasteiger partial charge in [-0.25, -0.2) is 16.8 Å². The molecule has 1 aliphatic carbocycles. The Hall–Kier alpha value is -2.26. The number of aryl methyl sites for hydroxylation is 1. The number of ether oxygens (including phenoxy) is 1. The average Bonchev–Trinajstić information content (AvgIpc) is 2.79. The zero-order chi connectivity index (χ0) is 22.1. The number of hydrogen-bond acceptors (Lipinski definition) is 5. The molecule has 1 heterocycles. The number of rotatable bonds is 6. The molecular formula is C22H28N2O5S2. The number of hydrogen-bond donors (Lipinski definition) is 1. The number of anilines is 2. The Balaban J connectivity index is 1.64. The fourth-order valence-electron chi connectivity index (χ4n) is 4.35. The van der Waals surface area contributed by atoms with Crippen LogP contribution in [0.1, 0.15) is 44.1 Å². The van der Waals surface area contributed by atoms with Crippen LogP contribution in [0, 0.1) is 0 Å². The lowest BCUT2D eigenvalue weighted by Gasteiger charge is -2.31. The molecule has 1 aliphatic heterocycles. The summed E-state index contributed by atoms with van der Waals surface area (Å²) in [6.45, 7) is 0.347. The van der Waals surface area contributed by atoms with Crippen LogP contribution in [0.5, 0.6) is 5.75 Å². The van der Waals surface area contributed by atoms with Crippen molar-refractivity contribution in [1.82, 2.24) is 0 Å². The van der Waals surface area contributed by atoms with E-state index in [4.69, 9.17) is 4.74 Å². The zero-order valence-corrected chi connectivity index (χ0v) is 19.2. The Morgan fingerprint density at radius 2 is 1.65 bits per heavy atom. The predicted octanol–water partition coefficient (Wildman–Crippen LogP) is 3.91. The summed E-state index contributed by atoms with van der Waals surface area (Å²) in [6.07, 6.45) is 5.70. The third-order valence-corrected chi connectivity index (χ3v) is 9.76. The maximum atomic E-state index is 13.3. The second-order valence-electron chi connectivity index (χ2n) is 8.11. The van der Waals surface area contributed by atoms with Crippen LogP contribution in [0.15, 0.2) is 47.4 Å². The smallest absolute Gasteiger partial charge is 0.264 e. The molecule has 0 spiro atoms. The van der Waals surface area contributed by atoms with Gasteiger partial charge in [0.1, 0.15) is 5.75 Å². The van der Waals surface area contributed by atoms with Crippen molar-refractivity contribution in [2.75, 3.05) is 22.7 Å². The van der Waals surface area contributed by atoms with Gasteiger partial charge in [0.15, 0.2) is 0 Å². The van der Waals surface area contributed by atoms with Crippen molar-refractivity contribution in [2.45, 2.75) is 55.1 Å². The van der Waals surface area contributed by atoms with Crippen molar-refractivity contribution >= 4 is 31.4 Å². The van der Waals surface area contributed by atoms with Gasteiger partial charge in [-0.3, -0.25) is 9.03 Å². The van der Waals surface area contributed by atoms with E-state index in [-0.39, 0.29) is 4.90 Å². The van der Waals surface area contributed by atoms with Gasteiger partial charge >= 0.3 is 0 Å². The predicted molar refractivity (Wildman–Crippen MR) is 122 cm³/mol. The minimum atomic E-state index is -3.78. The summed E-state index contributed by atoms with van der Waals surface area (Å²) in [4.78, 5) is 0.175. The SMILES string of the molecule is COc1ccc(S(=O)(=O)N2CCCc3ccc(NS(=O)(=O)C4CCCCC4)cc32)cc1. The highest BCUT2D eigenvalue weighted by molar-refractivity contribution is 7.93. The molecule has 9 heteroatoms. The van der Waals surface area contributed by atoms with E-state index in [1.807, 2.05) is 6.07 Å². The number of sulfonamides is 2. The first-order valence-corrected chi connectivity index (χ1v) is 13.6. The van der Waals surface area contributed by atoms with Gasteiger partial charge in [-0.05, 0) is 67.6 Å². The Bertz CT molecular complexity index is 1140. The van der Waals surface area contributed by atoms with Gasteiger partial charge in [0.05, 0.1) is 28.6 Å². The third kappa shape index (κ3) is 4.52. The first kappa shape index (κ1) is 22.0. The highest BCUT2D eigenvalue weighted by Gasteiger charge is 2.31. The second kappa shape index (κ2) is 8.70. The molecule has 0 saturated heterocycles. The van der Waals surface area contributed by atoms with E-state index < -0.39 is 25.3 Å². The van der Waals surface area contributed by atoms with Gasteiger partial charge in [0, 0.05) is 6.54 Å². The minimum Gasteiger partial charge on any atom is -0.497 e. The molecule has 0 unspecified atom stereocenters. The molecule has 0 bridgehead atoms. The lowest BCUT2D eigenvalue weighted by molar-refractivity contribution is 0.414. The quantitative estimate of drug-likeness (QED) is 0.700. The highest BCUT2D eigenvalue weighted by atomic mass is 32.2. The summed E-state index contributed by atoms with van der Waals surface area (Å²) < 4.78 is 61.5. The maximum absolute atomic E-state index is 13.3. The number of methoxy groups -OCH3 is 1. The Kier molecular flexibility index (Phi) is 6.16. The van der Waals surface area contributed by atoms with E-state index in [0.29, 0.717) is 42.9 Å². The lowest BCUT2D eigenvalue weighted by atomic mass is 10.0. The van der Waals surface area contributed by atoms with Crippen LogP contribution in [0.2, 0.25) is 0 Å². The Labute approximate surface area is 184 Å². The first-order valence-electron chi connectivity index (χ1n) is 10.6. The minimum absolute atomic E-state index is 0.175. The monoisotopic (exact) mass is 464 g/mol. The van der Waals surface area contributed by atoms with Crippen LogP contribution in [-0.4, -0.2) is 35.7 Å². The number of benzene rings is 2. The molecular weight excluding hydrogens is 436 g/mol. The summed E-state index contributed by atoms with van der Waals surface area (Å²) in [6, 6.07) is 11.5. The summed E-state index contributed by atoms with van der Waals surface area (Å²) in [7, 11) is -5.76. The Morgan fingerprint density at radius 3 is 2.32 bits per heavy atom. The van der Waals surface area contributed by atoms with E-state index in [0.717, 1.165) is 31.2 Å². The molecule has 2 aromatic carbocycles. The molecule has 2 aliphatic rings. The number of fused-ring (bicyclic) bond motifs is 1. The van der Waals surface area contributed by atoms with Gasteiger partial charge in [0.25, 0.3) is 10.0 Å². The van der Waals surface area contributed by atoms with Gasteiger partial charge in [-0.2, -0.15) is 0 Å². The van der Waals surface area contributed by atoms with Crippen LogP contribution in [0.4, 0.5) is 11.4 Å². The molecule has 168 valence electrons. The molecule has 0 aromatic heterocycles. The summed E-state index contributed by atoms with van der Waals surface area (Å²) in [5, 5.41) is -0.392. The molecule has 0 radical (unpaired) electrons. The van der Waals surface area contributed by atoms with E-state index in [2.05, 4.69) is 4.72 Å². The van der Waals surface area contributed by atoms with E-state index in [1.165, 1.54) is 23.5 Å². The molecule has 7 nitrogen and oxygen atoms in total. The molecule has 1 N–H and O–H groups in total. The molecule has 2 aromatic rings. The van der Waals surface area contributed by atoms with Crippen LogP contribution in [-0.2, 0) is 26.5 Å². The summed E-state index contributed by atoms with van der Waals surface area (Å²) >= 11 is 0. The first-order chi connectivity index (χ1) is 14.8. The molecule has 0 amide bonds. The maximum Gasteiger partial charge on any atom is 0.264 e. The van der Waals surface area contributed by atoms with Crippen molar-refractivity contribution in [3.63, 3.8) is 0 Å². The van der Waals surface area contributed by atoms with Crippen LogP contribution in [0.25, 0.3) is 0 Å². The fraction of sp³-hybridized carbons (Fsp3) is 0.455. The van der Waals surface area contributed by atoms with Crippen molar-refractivity contribution in [2.24, 2.45) is 0 Å². The molecule has 1 saturated carbocycles. The third-order valence-electron chi connectivity index (χ3n) is 6.06. The standard InChI is InChI=1S/C22H28N2O5S2/c1-29-19-11-13-21(14-12-19)31(27,28)24-15-5-6-17-9-10-18(16-22(17)24)23-30(25,26)20-7-3-2-4-8-20/h9-14,16,20,23H,2-8,15H2,1H3. The van der Waals surface area contributed by atoms with Crippen molar-refractivity contribution in [3.8, 4) is 5.75 Å². The van der Waals surface area contributed by atoms with E-state index in [9.17, 15) is 16.8 Å². The van der Waals surface area contributed by atoms with E-state index in [1.54, 1.807) is 24.3 Å². The molecule has 1 fully saturated rings. The van der Waals surface area contributed by atoms with Crippen LogP contribution >= 0.6 is 0 Å².